The summed E-state index contributed by atoms with van der Waals surface area (Å²) in [5.74, 6) is 0. The molecule has 2 nitrogen and oxygen atoms in total. The van der Waals surface area contributed by atoms with Gasteiger partial charge < -0.3 is 9.13 Å². The summed E-state index contributed by atoms with van der Waals surface area (Å²) in [6.45, 7) is 0. The molecule has 0 aliphatic carbocycles. The lowest BCUT2D eigenvalue weighted by Crippen LogP contribution is -2.74. The number of hydrogen-bond donors (Lipinski definition) is 0. The lowest BCUT2D eigenvalue weighted by molar-refractivity contribution is 1.16. The van der Waals surface area contributed by atoms with Crippen LogP contribution in [0.1, 0.15) is 0 Å². The van der Waals surface area contributed by atoms with Gasteiger partial charge in [-0.3, -0.25) is 0 Å². The number of hydrogen-bond acceptors (Lipinski definition) is 0. The van der Waals surface area contributed by atoms with E-state index in [1.54, 1.807) is 0 Å². The molecule has 0 fully saturated rings. The van der Waals surface area contributed by atoms with E-state index in [2.05, 4.69) is 264 Å². The maximum Gasteiger partial charge on any atom is 0.180 e. The molecule has 296 valence electrons. The highest BCUT2D eigenvalue weighted by Gasteiger charge is 2.43. The molecular weight excluding hydrogens is 777 g/mol. The van der Waals surface area contributed by atoms with Gasteiger partial charge in [-0.05, 0) is 73.8 Å². The third kappa shape index (κ3) is 5.85. The minimum absolute atomic E-state index is 1.13. The molecule has 0 atom stereocenters. The van der Waals surface area contributed by atoms with Gasteiger partial charge in [0.15, 0.2) is 8.07 Å². The lowest BCUT2D eigenvalue weighted by atomic mass is 10.0. The highest BCUT2D eigenvalue weighted by Crippen LogP contribution is 2.40. The minimum Gasteiger partial charge on any atom is -0.309 e. The Bertz CT molecular complexity index is 3500. The molecule has 10 aromatic carbocycles. The van der Waals surface area contributed by atoms with Crippen LogP contribution in [0.25, 0.3) is 77.2 Å². The van der Waals surface area contributed by atoms with Crippen LogP contribution in [0.4, 0.5) is 0 Å². The van der Waals surface area contributed by atoms with Crippen molar-refractivity contribution < 1.29 is 0 Å². The predicted molar refractivity (Wildman–Crippen MR) is 270 cm³/mol. The topological polar surface area (TPSA) is 9.86 Å². The van der Waals surface area contributed by atoms with E-state index < -0.39 is 8.07 Å². The van der Waals surface area contributed by atoms with Crippen LogP contribution in [-0.2, 0) is 0 Å². The van der Waals surface area contributed by atoms with E-state index in [9.17, 15) is 0 Å². The first-order valence-corrected chi connectivity index (χ1v) is 23.8. The first-order chi connectivity index (χ1) is 31.3. The molecule has 0 bridgehead atoms. The Hall–Kier alpha value is -7.98. The van der Waals surface area contributed by atoms with E-state index in [0.717, 1.165) is 11.4 Å². The molecule has 0 saturated carbocycles. The van der Waals surface area contributed by atoms with Crippen LogP contribution >= 0.6 is 0 Å². The summed E-state index contributed by atoms with van der Waals surface area (Å²) in [5.41, 5.74) is 11.8. The van der Waals surface area contributed by atoms with Crippen molar-refractivity contribution in [3.05, 3.63) is 255 Å². The summed E-state index contributed by atoms with van der Waals surface area (Å²) in [4.78, 5) is 0. The summed E-state index contributed by atoms with van der Waals surface area (Å²) in [6, 6.07) is 94.3. The second-order valence-corrected chi connectivity index (χ2v) is 20.2. The van der Waals surface area contributed by atoms with Gasteiger partial charge >= 0.3 is 0 Å². The second-order valence-electron chi connectivity index (χ2n) is 16.4. The fourth-order valence-electron chi connectivity index (χ4n) is 10.4. The summed E-state index contributed by atoms with van der Waals surface area (Å²) in [6.07, 6.45) is 0. The zero-order chi connectivity index (χ0) is 41.7. The number of aromatic nitrogens is 2. The molecule has 0 amide bonds. The molecule has 0 radical (unpaired) electrons. The van der Waals surface area contributed by atoms with Crippen molar-refractivity contribution in [2.24, 2.45) is 0 Å². The standard InChI is InChI=1S/C60H42N2Si/c1-6-21-43(22-7-1)45-37-39-51-52-40-38-46(42-58(52)62(57(51)41-45)54-33-18-16-31-50(54)44-23-8-2-9-24-44)61-55-34-19-17-32-53(55)60-56(61)35-20-36-59(60)63(47-25-10-3-11-26-47,48-27-12-4-13-28-48)49-29-14-5-15-30-49/h1-42H. The van der Waals surface area contributed by atoms with E-state index in [-0.39, 0.29) is 0 Å². The van der Waals surface area contributed by atoms with Gasteiger partial charge in [-0.1, -0.05) is 218 Å². The van der Waals surface area contributed by atoms with E-state index in [0.29, 0.717) is 0 Å². The SMILES string of the molecule is c1ccc(-c2ccc3c4ccc(-n5c6ccccc6c6c([Si](c7ccccc7)(c7ccccc7)c7ccccc7)cccc65)cc4n(-c4ccccc4-c4ccccc4)c3c2)cc1. The van der Waals surface area contributed by atoms with E-state index >= 15 is 0 Å². The van der Waals surface area contributed by atoms with Crippen molar-refractivity contribution >= 4 is 72.4 Å². The molecule has 0 spiro atoms. The number of nitrogens with zero attached hydrogens (tertiary/aromatic N) is 2. The zero-order valence-electron chi connectivity index (χ0n) is 34.6. The maximum atomic E-state index is 2.51. The first kappa shape index (κ1) is 36.8. The van der Waals surface area contributed by atoms with Gasteiger partial charge in [-0.2, -0.15) is 0 Å². The van der Waals surface area contributed by atoms with Crippen molar-refractivity contribution in [3.8, 4) is 33.6 Å². The Balaban J connectivity index is 1.17. The molecule has 12 aromatic rings. The van der Waals surface area contributed by atoms with E-state index in [4.69, 9.17) is 0 Å². The molecule has 0 N–H and O–H groups in total. The van der Waals surface area contributed by atoms with Gasteiger partial charge in [0.1, 0.15) is 0 Å². The van der Waals surface area contributed by atoms with Crippen LogP contribution in [0.2, 0.25) is 0 Å². The van der Waals surface area contributed by atoms with Gasteiger partial charge in [0.05, 0.1) is 27.8 Å². The molecule has 2 heterocycles. The molecule has 0 aliphatic rings. The van der Waals surface area contributed by atoms with Crippen molar-refractivity contribution in [1.29, 1.82) is 0 Å². The Morgan fingerprint density at radius 2 is 0.794 bits per heavy atom. The maximum absolute atomic E-state index is 2.88. The molecule has 12 rings (SSSR count). The molecule has 2 aromatic heterocycles. The summed E-state index contributed by atoms with van der Waals surface area (Å²) in [7, 11) is -2.88. The van der Waals surface area contributed by atoms with Crippen LogP contribution < -0.4 is 20.7 Å². The number of benzene rings is 10. The average Bonchev–Trinajstić information content (AvgIpc) is 3.88. The molecule has 0 saturated heterocycles. The quantitative estimate of drug-likeness (QED) is 0.107. The summed E-state index contributed by atoms with van der Waals surface area (Å²) >= 11 is 0. The van der Waals surface area contributed by atoms with Gasteiger partial charge in [-0.15, -0.1) is 0 Å². The minimum atomic E-state index is -2.88. The van der Waals surface area contributed by atoms with E-state index in [1.807, 2.05) is 0 Å². The van der Waals surface area contributed by atoms with Crippen molar-refractivity contribution in [2.75, 3.05) is 0 Å². The van der Waals surface area contributed by atoms with E-state index in [1.165, 1.54) is 86.6 Å². The van der Waals surface area contributed by atoms with Crippen LogP contribution in [0.5, 0.6) is 0 Å². The summed E-state index contributed by atoms with van der Waals surface area (Å²) < 4.78 is 5.01. The van der Waals surface area contributed by atoms with Gasteiger partial charge in [0.2, 0.25) is 0 Å². The van der Waals surface area contributed by atoms with Crippen molar-refractivity contribution in [3.63, 3.8) is 0 Å². The van der Waals surface area contributed by atoms with Crippen LogP contribution in [0, 0.1) is 0 Å². The third-order valence-electron chi connectivity index (χ3n) is 13.1. The van der Waals surface area contributed by atoms with Crippen LogP contribution in [0.3, 0.4) is 0 Å². The number of rotatable bonds is 8. The predicted octanol–water partition coefficient (Wildman–Crippen LogP) is 12.6. The molecular formula is C60H42N2Si. The zero-order valence-corrected chi connectivity index (χ0v) is 35.6. The largest absolute Gasteiger partial charge is 0.309 e. The summed E-state index contributed by atoms with van der Waals surface area (Å²) in [5, 5.41) is 10.5. The fraction of sp³-hybridized carbons (Fsp3) is 0. The molecule has 63 heavy (non-hydrogen) atoms. The highest BCUT2D eigenvalue weighted by molar-refractivity contribution is 7.20. The van der Waals surface area contributed by atoms with Crippen LogP contribution in [-0.4, -0.2) is 17.2 Å². The Morgan fingerprint density at radius 1 is 0.286 bits per heavy atom. The Labute approximate surface area is 368 Å². The first-order valence-electron chi connectivity index (χ1n) is 21.8. The van der Waals surface area contributed by atoms with Gasteiger partial charge in [-0.25, -0.2) is 0 Å². The van der Waals surface area contributed by atoms with Crippen molar-refractivity contribution in [1.82, 2.24) is 9.13 Å². The molecule has 0 aliphatic heterocycles. The normalized spacial score (nSPS) is 11.8. The number of para-hydroxylation sites is 2. The Morgan fingerprint density at radius 3 is 1.44 bits per heavy atom. The van der Waals surface area contributed by atoms with Gasteiger partial charge in [0, 0.05) is 32.8 Å². The number of fused-ring (bicyclic) bond motifs is 6. The second kappa shape index (κ2) is 15.2. The fourth-order valence-corrected chi connectivity index (χ4v) is 15.4. The monoisotopic (exact) mass is 818 g/mol. The van der Waals surface area contributed by atoms with Crippen LogP contribution in [0.15, 0.2) is 255 Å². The van der Waals surface area contributed by atoms with Gasteiger partial charge in [0.25, 0.3) is 0 Å². The smallest absolute Gasteiger partial charge is 0.180 e. The third-order valence-corrected chi connectivity index (χ3v) is 17.9. The lowest BCUT2D eigenvalue weighted by Gasteiger charge is -2.35. The average molecular weight is 819 g/mol. The Kier molecular flexibility index (Phi) is 8.87. The van der Waals surface area contributed by atoms with Crippen molar-refractivity contribution in [2.45, 2.75) is 0 Å². The molecule has 3 heteroatoms. The molecule has 0 unspecified atom stereocenters. The highest BCUT2D eigenvalue weighted by atomic mass is 28.3.